The molecule has 1 aliphatic rings. The van der Waals surface area contributed by atoms with Crippen molar-refractivity contribution in [3.8, 4) is 0 Å². The number of hydrogen-bond donors (Lipinski definition) is 0. The second-order valence-corrected chi connectivity index (χ2v) is 3.32. The van der Waals surface area contributed by atoms with Gasteiger partial charge in [0.1, 0.15) is 0 Å². The number of amides is 1. The van der Waals surface area contributed by atoms with E-state index in [1.54, 1.807) is 17.0 Å². The van der Waals surface area contributed by atoms with E-state index in [1.807, 2.05) is 0 Å². The first-order valence-electron chi connectivity index (χ1n) is 4.43. The second-order valence-electron chi connectivity index (χ2n) is 3.32. The number of carbonyl (C=O) groups is 1. The summed E-state index contributed by atoms with van der Waals surface area (Å²) in [5.74, 6) is 0. The van der Waals surface area contributed by atoms with Gasteiger partial charge in [0.15, 0.2) is 0 Å². The topological polar surface area (TPSA) is 20.3 Å². The summed E-state index contributed by atoms with van der Waals surface area (Å²) in [7, 11) is 5.81. The predicted molar refractivity (Wildman–Crippen MR) is 57.7 cm³/mol. The second kappa shape index (κ2) is 5.58. The molecular weight excluding hydrogens is 258 g/mol. The third-order valence-electron chi connectivity index (χ3n) is 2.45. The molecule has 0 bridgehead atoms. The zero-order valence-electron chi connectivity index (χ0n) is 8.79. The fourth-order valence-electron chi connectivity index (χ4n) is 1.72. The van der Waals surface area contributed by atoms with Gasteiger partial charge in [0, 0.05) is 14.4 Å². The van der Waals surface area contributed by atoms with Crippen molar-refractivity contribution in [3.05, 3.63) is 30.3 Å². The maximum absolute atomic E-state index is 10.8. The van der Waals surface area contributed by atoms with Gasteiger partial charge < -0.3 is 4.90 Å². The molecule has 0 atom stereocenters. The molecule has 15 heavy (non-hydrogen) atoms. The van der Waals surface area contributed by atoms with Gasteiger partial charge in [0.25, 0.3) is 0 Å². The molecule has 68 valence electrons. The number of hydrogen-bond acceptors (Lipinski definition) is 1. The molecule has 0 saturated heterocycles. The summed E-state index contributed by atoms with van der Waals surface area (Å²) in [6.45, 7) is 4.62. The molecule has 0 saturated carbocycles. The van der Waals surface area contributed by atoms with Crippen molar-refractivity contribution in [2.24, 2.45) is 0 Å². The number of fused-ring (bicyclic) bond motifs is 1. The number of benzene rings is 1. The Bertz CT molecular complexity index is 406. The van der Waals surface area contributed by atoms with Crippen molar-refractivity contribution in [2.45, 2.75) is 6.42 Å². The molecule has 0 aliphatic carbocycles. The molecule has 0 unspecified atom stereocenters. The number of nitrogens with zero attached hydrogens (tertiary/aromatic N) is 1. The van der Waals surface area contributed by atoms with Gasteiger partial charge in [-0.25, -0.2) is 0 Å². The van der Waals surface area contributed by atoms with Crippen molar-refractivity contribution < 1.29 is 63.0 Å². The van der Waals surface area contributed by atoms with Crippen LogP contribution < -0.4 is 68.6 Å². The first-order valence-corrected chi connectivity index (χ1v) is 4.43. The number of rotatable bonds is 1. The Balaban J connectivity index is 0.00000112. The first kappa shape index (κ1) is 13.4. The first-order chi connectivity index (χ1) is 6.74. The number of anilines is 1. The molecule has 0 spiro atoms. The Labute approximate surface area is 140 Å². The van der Waals surface area contributed by atoms with Gasteiger partial charge in [-0.2, -0.15) is 23.7 Å². The van der Waals surface area contributed by atoms with Crippen LogP contribution in [-0.4, -0.2) is 20.8 Å². The van der Waals surface area contributed by atoms with Crippen LogP contribution in [0.4, 0.5) is 5.69 Å². The SMILES string of the molecule is [B]c1c[c-]cc2c1C(=C)CCN2C=O.[Rb+]. The molecule has 2 radical (unpaired) electrons. The molecule has 1 aromatic carbocycles. The summed E-state index contributed by atoms with van der Waals surface area (Å²) in [6.07, 6.45) is 1.60. The molecule has 0 aromatic heterocycles. The van der Waals surface area contributed by atoms with Crippen molar-refractivity contribution >= 4 is 31.0 Å². The largest absolute Gasteiger partial charge is 1.00 e. The van der Waals surface area contributed by atoms with Crippen LogP contribution in [0.2, 0.25) is 0 Å². The van der Waals surface area contributed by atoms with Crippen LogP contribution in [0.5, 0.6) is 0 Å². The maximum atomic E-state index is 10.8. The van der Waals surface area contributed by atoms with Gasteiger partial charge in [0.05, 0.1) is 0 Å². The van der Waals surface area contributed by atoms with E-state index in [0.29, 0.717) is 12.0 Å². The van der Waals surface area contributed by atoms with Gasteiger partial charge in [-0.15, -0.1) is 5.56 Å². The van der Waals surface area contributed by atoms with Crippen molar-refractivity contribution in [1.82, 2.24) is 0 Å². The van der Waals surface area contributed by atoms with Crippen LogP contribution in [0.15, 0.2) is 18.7 Å². The van der Waals surface area contributed by atoms with E-state index >= 15 is 0 Å². The Morgan fingerprint density at radius 1 is 1.53 bits per heavy atom. The Morgan fingerprint density at radius 3 is 2.93 bits per heavy atom. The van der Waals surface area contributed by atoms with Gasteiger partial charge >= 0.3 is 58.2 Å². The van der Waals surface area contributed by atoms with Crippen molar-refractivity contribution in [3.63, 3.8) is 0 Å². The van der Waals surface area contributed by atoms with Gasteiger partial charge in [-0.3, -0.25) is 4.79 Å². The van der Waals surface area contributed by atoms with Crippen LogP contribution in [-0.2, 0) is 4.79 Å². The van der Waals surface area contributed by atoms with Crippen LogP contribution >= 0.6 is 0 Å². The van der Waals surface area contributed by atoms with E-state index in [0.717, 1.165) is 29.7 Å². The molecule has 4 heteroatoms. The standard InChI is InChI=1S/C11H9BNO.Rb/c1-8-5-6-13(7-14)10-4-2-3-9(12)11(8)10;/h3-4,7H,1,5-6H2;/q-1;+1. The maximum Gasteiger partial charge on any atom is 1.00 e. The van der Waals surface area contributed by atoms with E-state index in [-0.39, 0.29) is 58.2 Å². The molecule has 2 rings (SSSR count). The summed E-state index contributed by atoms with van der Waals surface area (Å²) in [5, 5.41) is 0. The molecular formula is C11H9BNORb. The molecule has 0 fully saturated rings. The smallest absolute Gasteiger partial charge is 0.368 e. The van der Waals surface area contributed by atoms with Crippen LogP contribution in [0.1, 0.15) is 12.0 Å². The Kier molecular flexibility index (Phi) is 4.97. The molecule has 1 heterocycles. The molecule has 1 aliphatic heterocycles. The average Bonchev–Trinajstić information content (AvgIpc) is 2.18. The van der Waals surface area contributed by atoms with Crippen molar-refractivity contribution in [1.29, 1.82) is 0 Å². The zero-order chi connectivity index (χ0) is 10.1. The number of carbonyl (C=O) groups excluding carboxylic acids is 1. The van der Waals surface area contributed by atoms with Crippen molar-refractivity contribution in [2.75, 3.05) is 11.4 Å². The summed E-state index contributed by atoms with van der Waals surface area (Å²) in [6, 6.07) is 6.38. The minimum Gasteiger partial charge on any atom is -0.368 e. The average molecular weight is 267 g/mol. The molecule has 1 amide bonds. The minimum atomic E-state index is 0. The van der Waals surface area contributed by atoms with E-state index in [9.17, 15) is 4.79 Å². The molecule has 2 nitrogen and oxygen atoms in total. The predicted octanol–water partition coefficient (Wildman–Crippen LogP) is -2.34. The van der Waals surface area contributed by atoms with E-state index < -0.39 is 0 Å². The van der Waals surface area contributed by atoms with Gasteiger partial charge in [-0.1, -0.05) is 17.8 Å². The Morgan fingerprint density at radius 2 is 2.27 bits per heavy atom. The van der Waals surface area contributed by atoms with Gasteiger partial charge in [0.2, 0.25) is 6.41 Å². The summed E-state index contributed by atoms with van der Waals surface area (Å²) < 4.78 is 0. The third kappa shape index (κ3) is 2.52. The van der Waals surface area contributed by atoms with E-state index in [2.05, 4.69) is 12.6 Å². The zero-order valence-corrected chi connectivity index (χ0v) is 13.7. The van der Waals surface area contributed by atoms with Crippen LogP contribution in [0.3, 0.4) is 0 Å². The summed E-state index contributed by atoms with van der Waals surface area (Å²) in [5.41, 5.74) is 3.34. The quantitative estimate of drug-likeness (QED) is 0.317. The van der Waals surface area contributed by atoms with Crippen LogP contribution in [0.25, 0.3) is 5.57 Å². The fourth-order valence-corrected chi connectivity index (χ4v) is 1.72. The molecule has 0 N–H and O–H groups in total. The minimum absolute atomic E-state index is 0. The third-order valence-corrected chi connectivity index (χ3v) is 2.45. The monoisotopic (exact) mass is 267 g/mol. The van der Waals surface area contributed by atoms with Gasteiger partial charge in [-0.05, 0) is 6.42 Å². The summed E-state index contributed by atoms with van der Waals surface area (Å²) in [4.78, 5) is 12.4. The van der Waals surface area contributed by atoms with Crippen LogP contribution in [0, 0.1) is 6.07 Å². The van der Waals surface area contributed by atoms with E-state index in [4.69, 9.17) is 7.85 Å². The molecule has 1 aromatic rings. The van der Waals surface area contributed by atoms with E-state index in [1.165, 1.54) is 0 Å². The fraction of sp³-hybridized carbons (Fsp3) is 0.182. The Hall–Kier alpha value is 0.300. The summed E-state index contributed by atoms with van der Waals surface area (Å²) >= 11 is 0. The normalized spacial score (nSPS) is 14.1.